The van der Waals surface area contributed by atoms with Crippen molar-refractivity contribution in [1.82, 2.24) is 5.32 Å². The fourth-order valence-electron chi connectivity index (χ4n) is 1.34. The van der Waals surface area contributed by atoms with Gasteiger partial charge in [0.05, 0.1) is 0 Å². The topological polar surface area (TPSA) is 29.1 Å². The van der Waals surface area contributed by atoms with E-state index in [1.54, 1.807) is 18.2 Å². The molecule has 14 heavy (non-hydrogen) atoms. The second-order valence-corrected chi connectivity index (χ2v) is 4.07. The summed E-state index contributed by atoms with van der Waals surface area (Å²) in [6.45, 7) is 1.87. The third-order valence-electron chi connectivity index (χ3n) is 2.42. The first-order valence-corrected chi connectivity index (χ1v) is 5.12. The van der Waals surface area contributed by atoms with E-state index in [2.05, 4.69) is 5.32 Å². The summed E-state index contributed by atoms with van der Waals surface area (Å²) in [5.41, 5.74) is 1.54. The lowest BCUT2D eigenvalue weighted by molar-refractivity contribution is 0.0950. The van der Waals surface area contributed by atoms with Crippen LogP contribution in [-0.2, 0) is 0 Å². The standard InChI is InChI=1S/C11H12ClNO/c1-7-9(3-2-4-10(7)12)11(14)13-8-5-6-8/h2-4,8H,5-6H2,1H3,(H,13,14). The summed E-state index contributed by atoms with van der Waals surface area (Å²) in [5.74, 6) is -0.00694. The molecular formula is C11H12ClNO. The third-order valence-corrected chi connectivity index (χ3v) is 2.83. The predicted octanol–water partition coefficient (Wildman–Crippen LogP) is 2.54. The van der Waals surface area contributed by atoms with Crippen LogP contribution in [0.15, 0.2) is 18.2 Å². The van der Waals surface area contributed by atoms with Crippen molar-refractivity contribution in [2.75, 3.05) is 0 Å². The van der Waals surface area contributed by atoms with Gasteiger partial charge in [-0.15, -0.1) is 0 Å². The maximum atomic E-state index is 11.7. The van der Waals surface area contributed by atoms with Crippen LogP contribution in [0.4, 0.5) is 0 Å². The Morgan fingerprint density at radius 3 is 2.86 bits per heavy atom. The van der Waals surface area contributed by atoms with Gasteiger partial charge in [-0.1, -0.05) is 17.7 Å². The quantitative estimate of drug-likeness (QED) is 0.797. The van der Waals surface area contributed by atoms with Crippen molar-refractivity contribution in [1.29, 1.82) is 0 Å². The maximum Gasteiger partial charge on any atom is 0.251 e. The van der Waals surface area contributed by atoms with Crippen LogP contribution in [0.3, 0.4) is 0 Å². The Bertz CT molecular complexity index is 372. The van der Waals surface area contributed by atoms with Gasteiger partial charge in [-0.3, -0.25) is 4.79 Å². The van der Waals surface area contributed by atoms with Gasteiger partial charge in [0.2, 0.25) is 0 Å². The molecule has 0 spiro atoms. The zero-order valence-corrected chi connectivity index (χ0v) is 8.77. The number of carbonyl (C=O) groups excluding carboxylic acids is 1. The van der Waals surface area contributed by atoms with E-state index < -0.39 is 0 Å². The summed E-state index contributed by atoms with van der Waals surface area (Å²) in [6.07, 6.45) is 2.21. The highest BCUT2D eigenvalue weighted by atomic mass is 35.5. The molecule has 0 aromatic heterocycles. The van der Waals surface area contributed by atoms with E-state index in [0.717, 1.165) is 18.4 Å². The summed E-state index contributed by atoms with van der Waals surface area (Å²) in [7, 11) is 0. The van der Waals surface area contributed by atoms with Crippen molar-refractivity contribution < 1.29 is 4.79 Å². The SMILES string of the molecule is Cc1c(Cl)cccc1C(=O)NC1CC1. The number of benzene rings is 1. The molecule has 1 aliphatic rings. The minimum absolute atomic E-state index is 0.00694. The van der Waals surface area contributed by atoms with Crippen molar-refractivity contribution in [2.24, 2.45) is 0 Å². The molecule has 1 N–H and O–H groups in total. The molecule has 0 saturated heterocycles. The molecule has 1 aromatic carbocycles. The van der Waals surface area contributed by atoms with E-state index >= 15 is 0 Å². The van der Waals surface area contributed by atoms with Crippen LogP contribution in [0.1, 0.15) is 28.8 Å². The smallest absolute Gasteiger partial charge is 0.251 e. The van der Waals surface area contributed by atoms with Crippen molar-refractivity contribution in [3.05, 3.63) is 34.3 Å². The maximum absolute atomic E-state index is 11.7. The van der Waals surface area contributed by atoms with Gasteiger partial charge in [-0.05, 0) is 37.5 Å². The van der Waals surface area contributed by atoms with Crippen LogP contribution in [0.5, 0.6) is 0 Å². The monoisotopic (exact) mass is 209 g/mol. The number of rotatable bonds is 2. The molecule has 0 bridgehead atoms. The molecule has 0 radical (unpaired) electrons. The highest BCUT2D eigenvalue weighted by molar-refractivity contribution is 6.31. The van der Waals surface area contributed by atoms with Crippen LogP contribution >= 0.6 is 11.6 Å². The van der Waals surface area contributed by atoms with E-state index in [0.29, 0.717) is 16.6 Å². The van der Waals surface area contributed by atoms with Crippen LogP contribution in [0.25, 0.3) is 0 Å². The summed E-state index contributed by atoms with van der Waals surface area (Å²) in [6, 6.07) is 5.79. The van der Waals surface area contributed by atoms with Gasteiger partial charge in [-0.2, -0.15) is 0 Å². The van der Waals surface area contributed by atoms with E-state index in [4.69, 9.17) is 11.6 Å². The Morgan fingerprint density at radius 2 is 2.21 bits per heavy atom. The van der Waals surface area contributed by atoms with Crippen molar-refractivity contribution in [3.63, 3.8) is 0 Å². The molecule has 2 rings (SSSR count). The van der Waals surface area contributed by atoms with Crippen molar-refractivity contribution in [2.45, 2.75) is 25.8 Å². The first-order valence-electron chi connectivity index (χ1n) is 4.74. The zero-order valence-electron chi connectivity index (χ0n) is 8.01. The van der Waals surface area contributed by atoms with Crippen LogP contribution < -0.4 is 5.32 Å². The van der Waals surface area contributed by atoms with Crippen LogP contribution in [0, 0.1) is 6.92 Å². The summed E-state index contributed by atoms with van der Waals surface area (Å²) in [5, 5.41) is 3.59. The highest BCUT2D eigenvalue weighted by Crippen LogP contribution is 2.22. The zero-order chi connectivity index (χ0) is 10.1. The Morgan fingerprint density at radius 1 is 1.50 bits per heavy atom. The van der Waals surface area contributed by atoms with Crippen LogP contribution in [0.2, 0.25) is 5.02 Å². The van der Waals surface area contributed by atoms with Gasteiger partial charge in [-0.25, -0.2) is 0 Å². The van der Waals surface area contributed by atoms with E-state index in [-0.39, 0.29) is 5.91 Å². The number of nitrogens with one attached hydrogen (secondary N) is 1. The molecule has 3 heteroatoms. The number of amides is 1. The van der Waals surface area contributed by atoms with Gasteiger partial charge in [0.25, 0.3) is 5.91 Å². The molecule has 2 nitrogen and oxygen atoms in total. The van der Waals surface area contributed by atoms with Crippen LogP contribution in [-0.4, -0.2) is 11.9 Å². The second kappa shape index (κ2) is 3.62. The van der Waals surface area contributed by atoms with Crippen molar-refractivity contribution >= 4 is 17.5 Å². The number of carbonyl (C=O) groups is 1. The first-order chi connectivity index (χ1) is 6.68. The number of halogens is 1. The Hall–Kier alpha value is -1.02. The molecule has 1 fully saturated rings. The molecule has 0 unspecified atom stereocenters. The lowest BCUT2D eigenvalue weighted by atomic mass is 10.1. The highest BCUT2D eigenvalue weighted by Gasteiger charge is 2.24. The molecule has 0 heterocycles. The van der Waals surface area contributed by atoms with Gasteiger partial charge in [0.15, 0.2) is 0 Å². The fourth-order valence-corrected chi connectivity index (χ4v) is 1.52. The van der Waals surface area contributed by atoms with Gasteiger partial charge in [0, 0.05) is 16.6 Å². The molecule has 1 aromatic rings. The van der Waals surface area contributed by atoms with Gasteiger partial charge >= 0.3 is 0 Å². The van der Waals surface area contributed by atoms with Crippen molar-refractivity contribution in [3.8, 4) is 0 Å². The minimum Gasteiger partial charge on any atom is -0.349 e. The summed E-state index contributed by atoms with van der Waals surface area (Å²) >= 11 is 5.93. The predicted molar refractivity (Wildman–Crippen MR) is 56.7 cm³/mol. The Labute approximate surface area is 88.3 Å². The lowest BCUT2D eigenvalue weighted by Gasteiger charge is -2.07. The molecule has 1 aliphatic carbocycles. The molecule has 1 saturated carbocycles. The van der Waals surface area contributed by atoms with E-state index in [9.17, 15) is 4.79 Å². The molecule has 1 amide bonds. The number of hydrogen-bond donors (Lipinski definition) is 1. The minimum atomic E-state index is -0.00694. The van der Waals surface area contributed by atoms with E-state index in [1.165, 1.54) is 0 Å². The summed E-state index contributed by atoms with van der Waals surface area (Å²) in [4.78, 5) is 11.7. The Balaban J connectivity index is 2.21. The average molecular weight is 210 g/mol. The largest absolute Gasteiger partial charge is 0.349 e. The number of hydrogen-bond acceptors (Lipinski definition) is 1. The van der Waals surface area contributed by atoms with Gasteiger partial charge in [0.1, 0.15) is 0 Å². The molecule has 0 aliphatic heterocycles. The third kappa shape index (κ3) is 1.90. The molecule has 74 valence electrons. The average Bonchev–Trinajstić information content (AvgIpc) is 2.93. The second-order valence-electron chi connectivity index (χ2n) is 3.66. The van der Waals surface area contributed by atoms with Gasteiger partial charge < -0.3 is 5.32 Å². The fraction of sp³-hybridized carbons (Fsp3) is 0.364. The molecule has 0 atom stereocenters. The lowest BCUT2D eigenvalue weighted by Crippen LogP contribution is -2.26. The van der Waals surface area contributed by atoms with E-state index in [1.807, 2.05) is 6.92 Å². The Kier molecular flexibility index (Phi) is 2.46. The molecular weight excluding hydrogens is 198 g/mol. The first kappa shape index (κ1) is 9.53. The summed E-state index contributed by atoms with van der Waals surface area (Å²) < 4.78 is 0. The normalized spacial score (nSPS) is 15.3.